The van der Waals surface area contributed by atoms with Crippen molar-refractivity contribution in [3.05, 3.63) is 46.6 Å². The fraction of sp³-hybridized carbons (Fsp3) is 0.500. The quantitative estimate of drug-likeness (QED) is 0.917. The molecule has 1 N–H and O–H groups in total. The predicted molar refractivity (Wildman–Crippen MR) is 83.7 cm³/mol. The first-order valence-electron chi connectivity index (χ1n) is 7.66. The van der Waals surface area contributed by atoms with E-state index in [0.29, 0.717) is 29.7 Å². The minimum absolute atomic E-state index is 0.181. The second kappa shape index (κ2) is 7.22. The molecule has 1 aromatic carbocycles. The fourth-order valence-electron chi connectivity index (χ4n) is 2.89. The monoisotopic (exact) mass is 321 g/mol. The molecule has 0 radical (unpaired) electrons. The Kier molecular flexibility index (Phi) is 5.08. The summed E-state index contributed by atoms with van der Waals surface area (Å²) < 4.78 is 5.34. The third kappa shape index (κ3) is 3.66. The summed E-state index contributed by atoms with van der Waals surface area (Å²) in [7, 11) is 0. The highest BCUT2D eigenvalue weighted by molar-refractivity contribution is 6.31. The Morgan fingerprint density at radius 1 is 1.32 bits per heavy atom. The summed E-state index contributed by atoms with van der Waals surface area (Å²) in [4.78, 5) is 6.67. The van der Waals surface area contributed by atoms with Crippen LogP contribution in [0.1, 0.15) is 36.5 Å². The van der Waals surface area contributed by atoms with E-state index in [2.05, 4.69) is 15.0 Å². The van der Waals surface area contributed by atoms with Crippen molar-refractivity contribution in [2.24, 2.45) is 0 Å². The van der Waals surface area contributed by atoms with Gasteiger partial charge in [0.05, 0.1) is 13.2 Å². The van der Waals surface area contributed by atoms with Gasteiger partial charge < -0.3 is 9.63 Å². The molecule has 1 aromatic heterocycles. The first kappa shape index (κ1) is 15.5. The average Bonchev–Trinajstić information content (AvgIpc) is 2.97. The van der Waals surface area contributed by atoms with Crippen molar-refractivity contribution in [1.29, 1.82) is 0 Å². The standard InChI is InChI=1S/C16H20ClN3O2/c17-14-7-2-1-5-12(14)9-15-18-16(22-19-15)10-20-8-4-3-6-13(20)11-21/h1-2,5,7,13,21H,3-4,6,8-11H2/t13-/m0/s1. The molecule has 0 spiro atoms. The van der Waals surface area contributed by atoms with Gasteiger partial charge in [-0.25, -0.2) is 0 Å². The van der Waals surface area contributed by atoms with Crippen LogP contribution in [0.2, 0.25) is 5.02 Å². The molecule has 1 fully saturated rings. The van der Waals surface area contributed by atoms with Gasteiger partial charge in [0, 0.05) is 17.5 Å². The van der Waals surface area contributed by atoms with E-state index in [1.54, 1.807) is 0 Å². The zero-order valence-corrected chi connectivity index (χ0v) is 13.2. The molecule has 0 saturated carbocycles. The zero-order valence-electron chi connectivity index (χ0n) is 12.4. The van der Waals surface area contributed by atoms with Crippen molar-refractivity contribution in [2.45, 2.75) is 38.3 Å². The van der Waals surface area contributed by atoms with Crippen molar-refractivity contribution in [3.63, 3.8) is 0 Å². The SMILES string of the molecule is OC[C@@H]1CCCCN1Cc1nc(Cc2ccccc2Cl)no1. The van der Waals surface area contributed by atoms with E-state index >= 15 is 0 Å². The second-order valence-electron chi connectivity index (χ2n) is 5.68. The van der Waals surface area contributed by atoms with Gasteiger partial charge in [-0.3, -0.25) is 4.90 Å². The lowest BCUT2D eigenvalue weighted by molar-refractivity contribution is 0.0749. The molecule has 1 saturated heterocycles. The van der Waals surface area contributed by atoms with Crippen molar-refractivity contribution < 1.29 is 9.63 Å². The highest BCUT2D eigenvalue weighted by Gasteiger charge is 2.23. The first-order valence-corrected chi connectivity index (χ1v) is 8.04. The van der Waals surface area contributed by atoms with Gasteiger partial charge in [-0.15, -0.1) is 0 Å². The molecule has 2 aromatic rings. The van der Waals surface area contributed by atoms with Gasteiger partial charge >= 0.3 is 0 Å². The Morgan fingerprint density at radius 3 is 3.00 bits per heavy atom. The van der Waals surface area contributed by atoms with Crippen LogP contribution in [0.5, 0.6) is 0 Å². The Labute approximate surface area is 134 Å². The van der Waals surface area contributed by atoms with E-state index in [1.165, 1.54) is 6.42 Å². The molecule has 0 aliphatic carbocycles. The van der Waals surface area contributed by atoms with Crippen LogP contribution in [0.3, 0.4) is 0 Å². The number of aromatic nitrogens is 2. The van der Waals surface area contributed by atoms with E-state index in [-0.39, 0.29) is 12.6 Å². The van der Waals surface area contributed by atoms with E-state index in [0.717, 1.165) is 24.9 Å². The predicted octanol–water partition coefficient (Wildman–Crippen LogP) is 2.66. The minimum atomic E-state index is 0.181. The Balaban J connectivity index is 1.65. The van der Waals surface area contributed by atoms with E-state index in [4.69, 9.17) is 16.1 Å². The molecule has 5 nitrogen and oxygen atoms in total. The number of aliphatic hydroxyl groups excluding tert-OH is 1. The Hall–Kier alpha value is -1.43. The summed E-state index contributed by atoms with van der Waals surface area (Å²) in [6.07, 6.45) is 3.91. The van der Waals surface area contributed by atoms with Gasteiger partial charge in [-0.1, -0.05) is 41.4 Å². The van der Waals surface area contributed by atoms with Gasteiger partial charge in [-0.05, 0) is 31.0 Å². The number of nitrogens with zero attached hydrogens (tertiary/aromatic N) is 3. The summed E-state index contributed by atoms with van der Waals surface area (Å²) in [6.45, 7) is 1.74. The van der Waals surface area contributed by atoms with Gasteiger partial charge in [-0.2, -0.15) is 4.98 Å². The summed E-state index contributed by atoms with van der Waals surface area (Å²) >= 11 is 6.15. The van der Waals surface area contributed by atoms with Crippen LogP contribution in [0, 0.1) is 0 Å². The number of hydrogen-bond donors (Lipinski definition) is 1. The average molecular weight is 322 g/mol. The molecule has 1 aliphatic rings. The maximum absolute atomic E-state index is 9.45. The fourth-order valence-corrected chi connectivity index (χ4v) is 3.09. The third-order valence-electron chi connectivity index (χ3n) is 4.11. The largest absolute Gasteiger partial charge is 0.395 e. The molecular weight excluding hydrogens is 302 g/mol. The molecule has 0 bridgehead atoms. The van der Waals surface area contributed by atoms with E-state index in [1.807, 2.05) is 24.3 Å². The van der Waals surface area contributed by atoms with Crippen molar-refractivity contribution in [3.8, 4) is 0 Å². The lowest BCUT2D eigenvalue weighted by Gasteiger charge is -2.33. The molecule has 0 amide bonds. The maximum Gasteiger partial charge on any atom is 0.240 e. The Bertz CT molecular complexity index is 617. The van der Waals surface area contributed by atoms with Crippen LogP contribution in [0.15, 0.2) is 28.8 Å². The minimum Gasteiger partial charge on any atom is -0.395 e. The zero-order chi connectivity index (χ0) is 15.4. The third-order valence-corrected chi connectivity index (χ3v) is 4.48. The summed E-state index contributed by atoms with van der Waals surface area (Å²) in [5, 5.41) is 14.2. The van der Waals surface area contributed by atoms with Gasteiger partial charge in [0.2, 0.25) is 5.89 Å². The van der Waals surface area contributed by atoms with Crippen molar-refractivity contribution >= 4 is 11.6 Å². The van der Waals surface area contributed by atoms with Crippen LogP contribution in [-0.2, 0) is 13.0 Å². The molecule has 22 heavy (non-hydrogen) atoms. The molecule has 1 aliphatic heterocycles. The van der Waals surface area contributed by atoms with Crippen LogP contribution in [0.4, 0.5) is 0 Å². The highest BCUT2D eigenvalue weighted by atomic mass is 35.5. The molecule has 0 unspecified atom stereocenters. The van der Waals surface area contributed by atoms with Gasteiger partial charge in [0.15, 0.2) is 5.82 Å². The molecule has 2 heterocycles. The summed E-state index contributed by atoms with van der Waals surface area (Å²) in [6, 6.07) is 7.87. The smallest absolute Gasteiger partial charge is 0.240 e. The van der Waals surface area contributed by atoms with Gasteiger partial charge in [0.25, 0.3) is 0 Å². The van der Waals surface area contributed by atoms with Crippen LogP contribution >= 0.6 is 11.6 Å². The van der Waals surface area contributed by atoms with E-state index in [9.17, 15) is 5.11 Å². The molecule has 6 heteroatoms. The Morgan fingerprint density at radius 2 is 2.18 bits per heavy atom. The number of aliphatic hydroxyl groups is 1. The summed E-state index contributed by atoms with van der Waals surface area (Å²) in [5.41, 5.74) is 0.989. The van der Waals surface area contributed by atoms with Crippen LogP contribution in [0.25, 0.3) is 0 Å². The number of rotatable bonds is 5. The molecule has 118 valence electrons. The maximum atomic E-state index is 9.45. The first-order chi connectivity index (χ1) is 10.8. The second-order valence-corrected chi connectivity index (χ2v) is 6.08. The van der Waals surface area contributed by atoms with Crippen LogP contribution < -0.4 is 0 Å². The number of piperidine rings is 1. The molecule has 3 rings (SSSR count). The number of halogens is 1. The highest BCUT2D eigenvalue weighted by Crippen LogP contribution is 2.20. The number of benzene rings is 1. The normalized spacial score (nSPS) is 19.5. The number of hydrogen-bond acceptors (Lipinski definition) is 5. The summed E-state index contributed by atoms with van der Waals surface area (Å²) in [5.74, 6) is 1.24. The van der Waals surface area contributed by atoms with E-state index < -0.39 is 0 Å². The van der Waals surface area contributed by atoms with Crippen LogP contribution in [-0.4, -0.2) is 39.3 Å². The van der Waals surface area contributed by atoms with Gasteiger partial charge in [0.1, 0.15) is 0 Å². The molecular formula is C16H20ClN3O2. The van der Waals surface area contributed by atoms with Crippen molar-refractivity contribution in [1.82, 2.24) is 15.0 Å². The molecule has 1 atom stereocenters. The number of likely N-dealkylation sites (tertiary alicyclic amines) is 1. The lowest BCUT2D eigenvalue weighted by atomic mass is 10.0. The lowest BCUT2D eigenvalue weighted by Crippen LogP contribution is -2.41. The topological polar surface area (TPSA) is 62.4 Å². The van der Waals surface area contributed by atoms with Crippen molar-refractivity contribution in [2.75, 3.05) is 13.2 Å².